The van der Waals surface area contributed by atoms with Crippen molar-refractivity contribution >= 4 is 6.03 Å². The largest absolute Gasteiger partial charge is 0.330 e. The van der Waals surface area contributed by atoms with Crippen molar-refractivity contribution in [1.82, 2.24) is 9.80 Å². The molecule has 0 aromatic heterocycles. The molecule has 1 atom stereocenters. The second-order valence-electron chi connectivity index (χ2n) is 2.74. The maximum absolute atomic E-state index is 11.4. The first kappa shape index (κ1) is 10.8. The fourth-order valence-corrected chi connectivity index (χ4v) is 0.763. The molecule has 68 valence electrons. The van der Waals surface area contributed by atoms with Crippen molar-refractivity contribution in [2.75, 3.05) is 14.1 Å². The van der Waals surface area contributed by atoms with Gasteiger partial charge < -0.3 is 4.90 Å². The lowest BCUT2D eigenvalue weighted by atomic mass is 10.3. The summed E-state index contributed by atoms with van der Waals surface area (Å²) in [5.74, 6) is 0. The predicted octanol–water partition coefficient (Wildman–Crippen LogP) is 1.69. The van der Waals surface area contributed by atoms with Gasteiger partial charge in [0.05, 0.1) is 6.04 Å². The Bertz CT molecular complexity index is 187. The van der Waals surface area contributed by atoms with Crippen molar-refractivity contribution in [2.24, 2.45) is 0 Å². The molecule has 0 saturated heterocycles. The smallest absolute Gasteiger partial charge is 0.324 e. The van der Waals surface area contributed by atoms with E-state index in [0.717, 1.165) is 0 Å². The molecular formula is C9H16N2O. The van der Waals surface area contributed by atoms with Crippen LogP contribution in [0, 0.1) is 0 Å². The maximum Gasteiger partial charge on any atom is 0.324 e. The van der Waals surface area contributed by atoms with E-state index in [4.69, 9.17) is 0 Å². The lowest BCUT2D eigenvalue weighted by Crippen LogP contribution is -2.39. The van der Waals surface area contributed by atoms with Gasteiger partial charge in [-0.05, 0) is 6.92 Å². The molecule has 0 rings (SSSR count). The zero-order valence-corrected chi connectivity index (χ0v) is 7.95. The van der Waals surface area contributed by atoms with E-state index in [9.17, 15) is 4.79 Å². The van der Waals surface area contributed by atoms with Gasteiger partial charge in [-0.15, -0.1) is 6.58 Å². The van der Waals surface area contributed by atoms with E-state index in [0.29, 0.717) is 0 Å². The fraction of sp³-hybridized carbons (Fsp3) is 0.444. The van der Waals surface area contributed by atoms with Gasteiger partial charge in [0.25, 0.3) is 0 Å². The van der Waals surface area contributed by atoms with Crippen LogP contribution >= 0.6 is 0 Å². The minimum absolute atomic E-state index is 0.0163. The van der Waals surface area contributed by atoms with Gasteiger partial charge >= 0.3 is 6.03 Å². The minimum Gasteiger partial charge on any atom is -0.330 e. The van der Waals surface area contributed by atoms with Crippen LogP contribution in [0.2, 0.25) is 0 Å². The Morgan fingerprint density at radius 2 is 1.92 bits per heavy atom. The maximum atomic E-state index is 11.4. The van der Waals surface area contributed by atoms with Gasteiger partial charge in [-0.2, -0.15) is 0 Å². The first-order valence-electron chi connectivity index (χ1n) is 3.79. The van der Waals surface area contributed by atoms with Gasteiger partial charge in [0.15, 0.2) is 0 Å². The third-order valence-corrected chi connectivity index (χ3v) is 1.58. The van der Waals surface area contributed by atoms with Crippen molar-refractivity contribution in [3.8, 4) is 0 Å². The average molecular weight is 168 g/mol. The zero-order valence-electron chi connectivity index (χ0n) is 7.95. The summed E-state index contributed by atoms with van der Waals surface area (Å²) in [7, 11) is 3.41. The van der Waals surface area contributed by atoms with Crippen molar-refractivity contribution < 1.29 is 4.79 Å². The standard InChI is InChI=1S/C9H16N2O/c1-6-8(3)11(7-2)9(12)10(4)5/h6-8H,1-2H2,3-5H3. The van der Waals surface area contributed by atoms with Crippen molar-refractivity contribution in [3.05, 3.63) is 25.4 Å². The Kier molecular flexibility index (Phi) is 4.11. The van der Waals surface area contributed by atoms with E-state index >= 15 is 0 Å². The summed E-state index contributed by atoms with van der Waals surface area (Å²) >= 11 is 0. The molecule has 0 aliphatic carbocycles. The van der Waals surface area contributed by atoms with Crippen LogP contribution in [0.3, 0.4) is 0 Å². The van der Waals surface area contributed by atoms with Crippen LogP contribution in [0.25, 0.3) is 0 Å². The normalized spacial score (nSPS) is 11.6. The van der Waals surface area contributed by atoms with Crippen LogP contribution in [-0.4, -0.2) is 36.0 Å². The van der Waals surface area contributed by atoms with Gasteiger partial charge in [0.2, 0.25) is 0 Å². The Balaban J connectivity index is 4.44. The third kappa shape index (κ3) is 2.42. The number of hydrogen-bond donors (Lipinski definition) is 0. The molecule has 2 amide bonds. The molecule has 0 aromatic rings. The summed E-state index contributed by atoms with van der Waals surface area (Å²) < 4.78 is 0. The van der Waals surface area contributed by atoms with E-state index in [1.807, 2.05) is 6.92 Å². The van der Waals surface area contributed by atoms with Gasteiger partial charge in [-0.25, -0.2) is 4.79 Å². The summed E-state index contributed by atoms with van der Waals surface area (Å²) in [5.41, 5.74) is 0. The molecule has 0 N–H and O–H groups in total. The third-order valence-electron chi connectivity index (χ3n) is 1.58. The van der Waals surface area contributed by atoms with E-state index < -0.39 is 0 Å². The molecule has 0 aliphatic heterocycles. The SMILES string of the molecule is C=CC(C)N(C=C)C(=O)N(C)C. The zero-order chi connectivity index (χ0) is 9.72. The van der Waals surface area contributed by atoms with Crippen LogP contribution < -0.4 is 0 Å². The quantitative estimate of drug-likeness (QED) is 0.588. The van der Waals surface area contributed by atoms with E-state index in [-0.39, 0.29) is 12.1 Å². The van der Waals surface area contributed by atoms with Crippen molar-refractivity contribution in [3.63, 3.8) is 0 Å². The number of carbonyl (C=O) groups is 1. The molecule has 0 saturated carbocycles. The highest BCUT2D eigenvalue weighted by atomic mass is 16.2. The second kappa shape index (κ2) is 4.59. The Morgan fingerprint density at radius 1 is 1.42 bits per heavy atom. The summed E-state index contributed by atoms with van der Waals surface area (Å²) in [6.45, 7) is 9.06. The number of carbonyl (C=O) groups excluding carboxylic acids is 1. The monoisotopic (exact) mass is 168 g/mol. The van der Waals surface area contributed by atoms with Crippen molar-refractivity contribution in [1.29, 1.82) is 0 Å². The summed E-state index contributed by atoms with van der Waals surface area (Å²) in [5, 5.41) is 0. The lowest BCUT2D eigenvalue weighted by molar-refractivity contribution is 0.183. The van der Waals surface area contributed by atoms with Crippen LogP contribution in [0.4, 0.5) is 4.79 Å². The van der Waals surface area contributed by atoms with Crippen LogP contribution in [0.1, 0.15) is 6.92 Å². The molecule has 1 unspecified atom stereocenters. The molecular weight excluding hydrogens is 152 g/mol. The van der Waals surface area contributed by atoms with Crippen LogP contribution in [-0.2, 0) is 0 Å². The highest BCUT2D eigenvalue weighted by Gasteiger charge is 2.15. The van der Waals surface area contributed by atoms with Gasteiger partial charge in [0.1, 0.15) is 0 Å². The molecule has 0 radical (unpaired) electrons. The highest BCUT2D eigenvalue weighted by Crippen LogP contribution is 2.03. The molecule has 12 heavy (non-hydrogen) atoms. The number of rotatable bonds is 3. The van der Waals surface area contributed by atoms with Gasteiger partial charge in [-0.1, -0.05) is 12.7 Å². The topological polar surface area (TPSA) is 23.6 Å². The van der Waals surface area contributed by atoms with Crippen molar-refractivity contribution in [2.45, 2.75) is 13.0 Å². The molecule has 0 bridgehead atoms. The van der Waals surface area contributed by atoms with Crippen LogP contribution in [0.15, 0.2) is 25.4 Å². The molecule has 3 heteroatoms. The Hall–Kier alpha value is -1.25. The highest BCUT2D eigenvalue weighted by molar-refractivity contribution is 5.75. The van der Waals surface area contributed by atoms with E-state index in [2.05, 4.69) is 13.2 Å². The summed E-state index contributed by atoms with van der Waals surface area (Å²) in [6, 6.07) is -0.102. The number of hydrogen-bond acceptors (Lipinski definition) is 1. The minimum atomic E-state index is -0.0857. The summed E-state index contributed by atoms with van der Waals surface area (Å²) in [4.78, 5) is 14.4. The molecule has 0 aromatic carbocycles. The number of nitrogens with zero attached hydrogens (tertiary/aromatic N) is 2. The lowest BCUT2D eigenvalue weighted by Gasteiger charge is -2.26. The second-order valence-corrected chi connectivity index (χ2v) is 2.74. The average Bonchev–Trinajstić information content (AvgIpc) is 2.05. The number of amides is 2. The Labute approximate surface area is 74.0 Å². The van der Waals surface area contributed by atoms with E-state index in [1.165, 1.54) is 16.0 Å². The van der Waals surface area contributed by atoms with Gasteiger partial charge in [-0.3, -0.25) is 4.90 Å². The molecule has 0 spiro atoms. The number of urea groups is 1. The first-order chi connectivity index (χ1) is 5.54. The first-order valence-corrected chi connectivity index (χ1v) is 3.79. The molecule has 0 heterocycles. The van der Waals surface area contributed by atoms with Gasteiger partial charge in [0, 0.05) is 20.3 Å². The fourth-order valence-electron chi connectivity index (χ4n) is 0.763. The molecule has 0 fully saturated rings. The molecule has 0 aliphatic rings. The summed E-state index contributed by atoms with van der Waals surface area (Å²) in [6.07, 6.45) is 3.21. The predicted molar refractivity (Wildman–Crippen MR) is 50.8 cm³/mol. The van der Waals surface area contributed by atoms with Crippen LogP contribution in [0.5, 0.6) is 0 Å². The molecule has 3 nitrogen and oxygen atoms in total. The Morgan fingerprint density at radius 3 is 2.17 bits per heavy atom. The van der Waals surface area contributed by atoms with E-state index in [1.54, 1.807) is 20.2 Å².